The SMILES string of the molecule is O=C(N[C@H]1CCS(=O)(=O)C1)/C(=C/c1cccc(Oc2ccccc2)c1)NC(=O)c1ccccc1. The second-order valence-electron chi connectivity index (χ2n) is 7.94. The molecule has 8 heteroatoms. The zero-order chi connectivity index (χ0) is 24.0. The van der Waals surface area contributed by atoms with E-state index < -0.39 is 27.7 Å². The van der Waals surface area contributed by atoms with Crippen molar-refractivity contribution in [2.24, 2.45) is 0 Å². The molecule has 1 aliphatic heterocycles. The van der Waals surface area contributed by atoms with E-state index in [0.717, 1.165) is 0 Å². The van der Waals surface area contributed by atoms with E-state index in [4.69, 9.17) is 4.74 Å². The first-order chi connectivity index (χ1) is 16.4. The van der Waals surface area contributed by atoms with Crippen LogP contribution >= 0.6 is 0 Å². The van der Waals surface area contributed by atoms with Gasteiger partial charge in [-0.05, 0) is 54.5 Å². The molecule has 3 aromatic carbocycles. The first-order valence-electron chi connectivity index (χ1n) is 10.8. The molecule has 7 nitrogen and oxygen atoms in total. The Bertz CT molecular complexity index is 1310. The topological polar surface area (TPSA) is 102 Å². The summed E-state index contributed by atoms with van der Waals surface area (Å²) in [6, 6.07) is 24.4. The highest BCUT2D eigenvalue weighted by atomic mass is 32.2. The second-order valence-corrected chi connectivity index (χ2v) is 10.2. The summed E-state index contributed by atoms with van der Waals surface area (Å²) in [5.74, 6) is 0.154. The van der Waals surface area contributed by atoms with Gasteiger partial charge < -0.3 is 15.4 Å². The lowest BCUT2D eigenvalue weighted by Crippen LogP contribution is -2.41. The Morgan fingerprint density at radius 3 is 2.24 bits per heavy atom. The molecule has 1 atom stereocenters. The summed E-state index contributed by atoms with van der Waals surface area (Å²) in [4.78, 5) is 25.8. The number of hydrogen-bond donors (Lipinski definition) is 2. The smallest absolute Gasteiger partial charge is 0.268 e. The molecule has 0 saturated carbocycles. The van der Waals surface area contributed by atoms with Crippen LogP contribution in [0, 0.1) is 0 Å². The van der Waals surface area contributed by atoms with E-state index in [1.807, 2.05) is 30.3 Å². The molecule has 1 saturated heterocycles. The van der Waals surface area contributed by atoms with Gasteiger partial charge in [0, 0.05) is 11.6 Å². The summed E-state index contributed by atoms with van der Waals surface area (Å²) in [5, 5.41) is 5.40. The summed E-state index contributed by atoms with van der Waals surface area (Å²) in [6.45, 7) is 0. The second kappa shape index (κ2) is 10.4. The Hall–Kier alpha value is -3.91. The Morgan fingerprint density at radius 2 is 1.56 bits per heavy atom. The van der Waals surface area contributed by atoms with Crippen LogP contribution in [0.3, 0.4) is 0 Å². The van der Waals surface area contributed by atoms with Gasteiger partial charge >= 0.3 is 0 Å². The molecule has 1 heterocycles. The lowest BCUT2D eigenvalue weighted by atomic mass is 10.1. The molecule has 3 aromatic rings. The van der Waals surface area contributed by atoms with Crippen LogP contribution in [-0.4, -0.2) is 37.8 Å². The summed E-state index contributed by atoms with van der Waals surface area (Å²) < 4.78 is 29.4. The molecule has 0 aliphatic carbocycles. The fourth-order valence-corrected chi connectivity index (χ4v) is 5.25. The van der Waals surface area contributed by atoms with Crippen LogP contribution in [0.25, 0.3) is 6.08 Å². The Labute approximate surface area is 198 Å². The Balaban J connectivity index is 1.58. The average molecular weight is 477 g/mol. The van der Waals surface area contributed by atoms with E-state index in [0.29, 0.717) is 29.0 Å². The third kappa shape index (κ3) is 6.32. The maximum absolute atomic E-state index is 13.0. The van der Waals surface area contributed by atoms with E-state index in [1.165, 1.54) is 6.08 Å². The third-order valence-electron chi connectivity index (χ3n) is 5.24. The highest BCUT2D eigenvalue weighted by Crippen LogP contribution is 2.23. The van der Waals surface area contributed by atoms with Gasteiger partial charge in [0.1, 0.15) is 17.2 Å². The van der Waals surface area contributed by atoms with Gasteiger partial charge in [-0.2, -0.15) is 0 Å². The molecule has 2 N–H and O–H groups in total. The van der Waals surface area contributed by atoms with Crippen molar-refractivity contribution in [1.29, 1.82) is 0 Å². The molecule has 4 rings (SSSR count). The van der Waals surface area contributed by atoms with Crippen LogP contribution in [0.15, 0.2) is 90.6 Å². The van der Waals surface area contributed by atoms with Crippen molar-refractivity contribution in [3.05, 3.63) is 102 Å². The summed E-state index contributed by atoms with van der Waals surface area (Å²) >= 11 is 0. The van der Waals surface area contributed by atoms with Crippen molar-refractivity contribution >= 4 is 27.7 Å². The van der Waals surface area contributed by atoms with Gasteiger partial charge in [-0.3, -0.25) is 9.59 Å². The first-order valence-corrected chi connectivity index (χ1v) is 12.6. The van der Waals surface area contributed by atoms with Crippen molar-refractivity contribution in [2.75, 3.05) is 11.5 Å². The standard InChI is InChI=1S/C26H24N2O5S/c29-25(20-9-3-1-4-10-20)28-24(26(30)27-21-14-15-34(31,32)18-21)17-19-8-7-13-23(16-19)33-22-11-5-2-6-12-22/h1-13,16-17,21H,14-15,18H2,(H,27,30)(H,28,29)/b24-17-/t21-/m0/s1. The molecule has 0 bridgehead atoms. The largest absolute Gasteiger partial charge is 0.457 e. The van der Waals surface area contributed by atoms with Crippen LogP contribution in [0.5, 0.6) is 11.5 Å². The molecule has 1 fully saturated rings. The van der Waals surface area contributed by atoms with Gasteiger partial charge in [-0.1, -0.05) is 48.5 Å². The maximum atomic E-state index is 13.0. The first kappa shape index (κ1) is 23.3. The predicted molar refractivity (Wildman–Crippen MR) is 130 cm³/mol. The van der Waals surface area contributed by atoms with E-state index in [-0.39, 0.29) is 17.2 Å². The molecule has 0 spiro atoms. The number of carbonyl (C=O) groups excluding carboxylic acids is 2. The van der Waals surface area contributed by atoms with Gasteiger partial charge in [0.2, 0.25) is 0 Å². The maximum Gasteiger partial charge on any atom is 0.268 e. The van der Waals surface area contributed by atoms with Gasteiger partial charge in [0.25, 0.3) is 11.8 Å². The molecule has 0 aromatic heterocycles. The lowest BCUT2D eigenvalue weighted by Gasteiger charge is -2.15. The normalized spacial score (nSPS) is 17.1. The van der Waals surface area contributed by atoms with Gasteiger partial charge in [-0.15, -0.1) is 0 Å². The number of nitrogens with one attached hydrogen (secondary N) is 2. The van der Waals surface area contributed by atoms with Crippen molar-refractivity contribution < 1.29 is 22.7 Å². The molecular formula is C26H24N2O5S. The molecule has 2 amide bonds. The van der Waals surface area contributed by atoms with Crippen LogP contribution in [0.1, 0.15) is 22.3 Å². The minimum atomic E-state index is -3.17. The molecule has 0 unspecified atom stereocenters. The van der Waals surface area contributed by atoms with Gasteiger partial charge in [0.15, 0.2) is 9.84 Å². The lowest BCUT2D eigenvalue weighted by molar-refractivity contribution is -0.118. The van der Waals surface area contributed by atoms with Crippen LogP contribution in [0.2, 0.25) is 0 Å². The van der Waals surface area contributed by atoms with Crippen LogP contribution in [-0.2, 0) is 14.6 Å². The number of sulfone groups is 1. The fourth-order valence-electron chi connectivity index (χ4n) is 3.57. The van der Waals surface area contributed by atoms with E-state index in [2.05, 4.69) is 10.6 Å². The minimum absolute atomic E-state index is 0.00927. The van der Waals surface area contributed by atoms with Crippen molar-refractivity contribution in [3.8, 4) is 11.5 Å². The Kier molecular flexibility index (Phi) is 7.08. The number of benzene rings is 3. The monoisotopic (exact) mass is 476 g/mol. The average Bonchev–Trinajstić information content (AvgIpc) is 3.18. The number of rotatable bonds is 7. The van der Waals surface area contributed by atoms with E-state index in [9.17, 15) is 18.0 Å². The molecule has 0 radical (unpaired) electrons. The number of carbonyl (C=O) groups is 2. The van der Waals surface area contributed by atoms with Gasteiger partial charge in [0.05, 0.1) is 11.5 Å². The van der Waals surface area contributed by atoms with Crippen molar-refractivity contribution in [1.82, 2.24) is 10.6 Å². The fraction of sp³-hybridized carbons (Fsp3) is 0.154. The van der Waals surface area contributed by atoms with Crippen LogP contribution in [0.4, 0.5) is 0 Å². The van der Waals surface area contributed by atoms with Crippen molar-refractivity contribution in [3.63, 3.8) is 0 Å². The highest BCUT2D eigenvalue weighted by molar-refractivity contribution is 7.91. The summed E-state index contributed by atoms with van der Waals surface area (Å²) in [5.41, 5.74) is 1.03. The van der Waals surface area contributed by atoms with E-state index in [1.54, 1.807) is 54.6 Å². The minimum Gasteiger partial charge on any atom is -0.457 e. The quantitative estimate of drug-likeness (QED) is 0.508. The zero-order valence-corrected chi connectivity index (χ0v) is 19.1. The highest BCUT2D eigenvalue weighted by Gasteiger charge is 2.30. The number of ether oxygens (including phenoxy) is 1. The zero-order valence-electron chi connectivity index (χ0n) is 18.3. The number of hydrogen-bond acceptors (Lipinski definition) is 5. The summed E-state index contributed by atoms with van der Waals surface area (Å²) in [6.07, 6.45) is 1.88. The molecule has 1 aliphatic rings. The van der Waals surface area contributed by atoms with Gasteiger partial charge in [-0.25, -0.2) is 8.42 Å². The molecular weight excluding hydrogens is 452 g/mol. The van der Waals surface area contributed by atoms with E-state index >= 15 is 0 Å². The van der Waals surface area contributed by atoms with Crippen molar-refractivity contribution in [2.45, 2.75) is 12.5 Å². The molecule has 34 heavy (non-hydrogen) atoms. The summed E-state index contributed by atoms with van der Waals surface area (Å²) in [7, 11) is -3.17. The number of amides is 2. The Morgan fingerprint density at radius 1 is 0.882 bits per heavy atom. The predicted octanol–water partition coefficient (Wildman–Crippen LogP) is 3.55. The van der Waals surface area contributed by atoms with Crippen LogP contribution < -0.4 is 15.4 Å². The third-order valence-corrected chi connectivity index (χ3v) is 7.01. The number of para-hydroxylation sites is 1. The molecule has 174 valence electrons.